The predicted molar refractivity (Wildman–Crippen MR) is 103 cm³/mol. The molecule has 3 nitrogen and oxygen atoms in total. The molecule has 1 N–H and O–H groups in total. The van der Waals surface area contributed by atoms with Crippen molar-refractivity contribution in [1.82, 2.24) is 0 Å². The van der Waals surface area contributed by atoms with Crippen molar-refractivity contribution in [3.05, 3.63) is 75.3 Å². The van der Waals surface area contributed by atoms with Gasteiger partial charge in [0.15, 0.2) is 0 Å². The van der Waals surface area contributed by atoms with E-state index in [1.54, 1.807) is 12.1 Å². The Bertz CT molecular complexity index is 676. The SMILES string of the molecule is C=CCC(Nc1cc(Cl)ccc1I)C(=O)OCc1ccccc1. The molecule has 0 aromatic heterocycles. The van der Waals surface area contributed by atoms with E-state index in [9.17, 15) is 4.79 Å². The van der Waals surface area contributed by atoms with Crippen LogP contribution in [0.2, 0.25) is 5.02 Å². The molecule has 0 heterocycles. The first kappa shape index (κ1) is 17.8. The average Bonchev–Trinajstić information content (AvgIpc) is 2.56. The molecule has 0 radical (unpaired) electrons. The molecule has 0 amide bonds. The monoisotopic (exact) mass is 441 g/mol. The van der Waals surface area contributed by atoms with Crippen LogP contribution in [0.5, 0.6) is 0 Å². The summed E-state index contributed by atoms with van der Waals surface area (Å²) in [6, 6.07) is 14.6. The van der Waals surface area contributed by atoms with Crippen LogP contribution in [0, 0.1) is 3.57 Å². The van der Waals surface area contributed by atoms with Gasteiger partial charge in [0.1, 0.15) is 12.6 Å². The fraction of sp³-hybridized carbons (Fsp3) is 0.167. The summed E-state index contributed by atoms with van der Waals surface area (Å²) in [5.74, 6) is -0.315. The maximum Gasteiger partial charge on any atom is 0.329 e. The number of esters is 1. The maximum absolute atomic E-state index is 12.3. The van der Waals surface area contributed by atoms with Crippen LogP contribution >= 0.6 is 34.2 Å². The van der Waals surface area contributed by atoms with Crippen LogP contribution in [0.1, 0.15) is 12.0 Å². The Morgan fingerprint density at radius 2 is 2.04 bits per heavy atom. The Morgan fingerprint density at radius 1 is 1.30 bits per heavy atom. The number of carbonyl (C=O) groups is 1. The minimum atomic E-state index is -0.497. The van der Waals surface area contributed by atoms with Gasteiger partial charge in [-0.25, -0.2) is 4.79 Å². The Hall–Kier alpha value is -1.53. The molecular formula is C18H17ClINO2. The molecule has 0 saturated carbocycles. The topological polar surface area (TPSA) is 38.3 Å². The van der Waals surface area contributed by atoms with Gasteiger partial charge in [0.25, 0.3) is 0 Å². The lowest BCUT2D eigenvalue weighted by Crippen LogP contribution is -2.31. The highest BCUT2D eigenvalue weighted by atomic mass is 127. The van der Waals surface area contributed by atoms with Gasteiger partial charge < -0.3 is 10.1 Å². The quantitative estimate of drug-likeness (QED) is 0.371. The largest absolute Gasteiger partial charge is 0.459 e. The number of rotatable bonds is 7. The van der Waals surface area contributed by atoms with E-state index in [-0.39, 0.29) is 12.6 Å². The van der Waals surface area contributed by atoms with Crippen LogP contribution in [0.4, 0.5) is 5.69 Å². The predicted octanol–water partition coefficient (Wildman–Crippen LogP) is 5.04. The molecule has 0 aliphatic carbocycles. The van der Waals surface area contributed by atoms with Crippen molar-refractivity contribution in [2.24, 2.45) is 0 Å². The van der Waals surface area contributed by atoms with E-state index in [4.69, 9.17) is 16.3 Å². The summed E-state index contributed by atoms with van der Waals surface area (Å²) in [6.45, 7) is 3.96. The van der Waals surface area contributed by atoms with E-state index in [0.717, 1.165) is 14.8 Å². The van der Waals surface area contributed by atoms with Gasteiger partial charge in [-0.2, -0.15) is 0 Å². The van der Waals surface area contributed by atoms with Crippen LogP contribution in [-0.2, 0) is 16.1 Å². The Balaban J connectivity index is 2.03. The Labute approximate surface area is 154 Å². The molecule has 0 saturated heterocycles. The van der Waals surface area contributed by atoms with E-state index < -0.39 is 6.04 Å². The molecule has 0 bridgehead atoms. The van der Waals surface area contributed by atoms with Gasteiger partial charge in [0, 0.05) is 14.3 Å². The number of ether oxygens (including phenoxy) is 1. The van der Waals surface area contributed by atoms with Gasteiger partial charge in [0.2, 0.25) is 0 Å². The van der Waals surface area contributed by atoms with E-state index in [1.807, 2.05) is 42.5 Å². The second-order valence-corrected chi connectivity index (χ2v) is 6.54. The van der Waals surface area contributed by atoms with Crippen molar-refractivity contribution in [3.8, 4) is 0 Å². The highest BCUT2D eigenvalue weighted by Crippen LogP contribution is 2.24. The van der Waals surface area contributed by atoms with Gasteiger partial charge in [-0.05, 0) is 52.8 Å². The molecule has 120 valence electrons. The zero-order chi connectivity index (χ0) is 16.7. The van der Waals surface area contributed by atoms with Crippen molar-refractivity contribution < 1.29 is 9.53 Å². The lowest BCUT2D eigenvalue weighted by molar-refractivity contribution is -0.145. The highest BCUT2D eigenvalue weighted by molar-refractivity contribution is 14.1. The lowest BCUT2D eigenvalue weighted by Gasteiger charge is -2.18. The van der Waals surface area contributed by atoms with Crippen molar-refractivity contribution in [1.29, 1.82) is 0 Å². The van der Waals surface area contributed by atoms with Gasteiger partial charge in [-0.1, -0.05) is 48.0 Å². The molecule has 23 heavy (non-hydrogen) atoms. The summed E-state index contributed by atoms with van der Waals surface area (Å²) < 4.78 is 6.38. The summed E-state index contributed by atoms with van der Waals surface area (Å²) in [5, 5.41) is 3.80. The Kier molecular flexibility index (Phi) is 6.92. The molecule has 1 atom stereocenters. The van der Waals surface area contributed by atoms with E-state index in [0.29, 0.717) is 11.4 Å². The molecule has 5 heteroatoms. The fourth-order valence-corrected chi connectivity index (χ4v) is 2.67. The normalized spacial score (nSPS) is 11.6. The summed E-state index contributed by atoms with van der Waals surface area (Å²) in [6.07, 6.45) is 2.16. The first-order chi connectivity index (χ1) is 11.1. The number of anilines is 1. The summed E-state index contributed by atoms with van der Waals surface area (Å²) >= 11 is 8.21. The third-order valence-corrected chi connectivity index (χ3v) is 4.34. The molecule has 2 aromatic carbocycles. The second kappa shape index (κ2) is 8.93. The molecule has 1 unspecified atom stereocenters. The maximum atomic E-state index is 12.3. The first-order valence-electron chi connectivity index (χ1n) is 7.13. The van der Waals surface area contributed by atoms with Crippen molar-refractivity contribution in [2.45, 2.75) is 19.1 Å². The number of carbonyl (C=O) groups excluding carboxylic acids is 1. The summed E-state index contributed by atoms with van der Waals surface area (Å²) in [4.78, 5) is 12.3. The smallest absolute Gasteiger partial charge is 0.329 e. The zero-order valence-electron chi connectivity index (χ0n) is 12.5. The molecular weight excluding hydrogens is 425 g/mol. The van der Waals surface area contributed by atoms with E-state index >= 15 is 0 Å². The van der Waals surface area contributed by atoms with Crippen LogP contribution in [-0.4, -0.2) is 12.0 Å². The second-order valence-electron chi connectivity index (χ2n) is 4.94. The van der Waals surface area contributed by atoms with Gasteiger partial charge >= 0.3 is 5.97 Å². The van der Waals surface area contributed by atoms with Crippen molar-refractivity contribution in [2.75, 3.05) is 5.32 Å². The van der Waals surface area contributed by atoms with Crippen LogP contribution in [0.25, 0.3) is 0 Å². The molecule has 2 aromatic rings. The van der Waals surface area contributed by atoms with Gasteiger partial charge in [0.05, 0.1) is 0 Å². The molecule has 0 aliphatic rings. The molecule has 2 rings (SSSR count). The summed E-state index contributed by atoms with van der Waals surface area (Å²) in [7, 11) is 0. The number of benzene rings is 2. The van der Waals surface area contributed by atoms with Gasteiger partial charge in [-0.3, -0.25) is 0 Å². The van der Waals surface area contributed by atoms with Crippen molar-refractivity contribution >= 4 is 45.8 Å². The summed E-state index contributed by atoms with van der Waals surface area (Å²) in [5.41, 5.74) is 1.76. The molecule has 0 spiro atoms. The first-order valence-corrected chi connectivity index (χ1v) is 8.59. The average molecular weight is 442 g/mol. The number of nitrogens with one attached hydrogen (secondary N) is 1. The number of halogens is 2. The van der Waals surface area contributed by atoms with Crippen LogP contribution in [0.15, 0.2) is 61.2 Å². The third kappa shape index (κ3) is 5.55. The lowest BCUT2D eigenvalue weighted by atomic mass is 10.2. The minimum absolute atomic E-state index is 0.252. The standard InChI is InChI=1S/C18H17ClINO2/c1-2-6-16(21-17-11-14(19)9-10-15(17)20)18(22)23-12-13-7-4-3-5-8-13/h2-5,7-11,16,21H,1,6,12H2. The van der Waals surface area contributed by atoms with Crippen LogP contribution < -0.4 is 5.32 Å². The zero-order valence-corrected chi connectivity index (χ0v) is 15.4. The third-order valence-electron chi connectivity index (χ3n) is 3.17. The van der Waals surface area contributed by atoms with E-state index in [2.05, 4.69) is 34.5 Å². The number of hydrogen-bond donors (Lipinski definition) is 1. The van der Waals surface area contributed by atoms with Crippen LogP contribution in [0.3, 0.4) is 0 Å². The molecule has 0 aliphatic heterocycles. The van der Waals surface area contributed by atoms with Gasteiger partial charge in [-0.15, -0.1) is 6.58 Å². The van der Waals surface area contributed by atoms with E-state index in [1.165, 1.54) is 0 Å². The Morgan fingerprint density at radius 3 is 2.74 bits per heavy atom. The fourth-order valence-electron chi connectivity index (χ4n) is 2.01. The molecule has 0 fully saturated rings. The minimum Gasteiger partial charge on any atom is -0.459 e. The number of hydrogen-bond acceptors (Lipinski definition) is 3. The highest BCUT2D eigenvalue weighted by Gasteiger charge is 2.19. The van der Waals surface area contributed by atoms with Crippen molar-refractivity contribution in [3.63, 3.8) is 0 Å².